The van der Waals surface area contributed by atoms with E-state index in [1.165, 1.54) is 6.42 Å². The van der Waals surface area contributed by atoms with Crippen molar-refractivity contribution in [2.75, 3.05) is 18.4 Å². The number of halogens is 1. The Morgan fingerprint density at radius 2 is 1.85 bits per heavy atom. The topological polar surface area (TPSA) is 78.3 Å². The summed E-state index contributed by atoms with van der Waals surface area (Å²) < 4.78 is 5.97. The largest absolute Gasteiger partial charge is 0.488 e. The molecule has 1 aliphatic heterocycles. The second kappa shape index (κ2) is 10.5. The minimum Gasteiger partial charge on any atom is -0.488 e. The van der Waals surface area contributed by atoms with Crippen molar-refractivity contribution in [3.05, 3.63) is 88.1 Å². The summed E-state index contributed by atoms with van der Waals surface area (Å²) in [5.74, 6) is 1.13. The number of benzene rings is 2. The summed E-state index contributed by atoms with van der Waals surface area (Å²) in [6.45, 7) is 4.12. The van der Waals surface area contributed by atoms with Gasteiger partial charge >= 0.3 is 0 Å². The van der Waals surface area contributed by atoms with Gasteiger partial charge in [-0.25, -0.2) is 4.98 Å². The summed E-state index contributed by atoms with van der Waals surface area (Å²) in [4.78, 5) is 19.2. The fourth-order valence-corrected chi connectivity index (χ4v) is 3.92. The highest BCUT2D eigenvalue weighted by molar-refractivity contribution is 6.31. The minimum absolute atomic E-state index is 0.294. The first-order valence-corrected chi connectivity index (χ1v) is 11.5. The van der Waals surface area contributed by atoms with Crippen LogP contribution in [0.1, 0.15) is 46.3 Å². The van der Waals surface area contributed by atoms with Gasteiger partial charge in [-0.15, -0.1) is 0 Å². The molecule has 0 spiro atoms. The second-order valence-corrected chi connectivity index (χ2v) is 8.63. The monoisotopic (exact) mass is 462 g/mol. The van der Waals surface area contributed by atoms with Gasteiger partial charge in [-0.3, -0.25) is 10.2 Å². The van der Waals surface area contributed by atoms with E-state index >= 15 is 0 Å². The van der Waals surface area contributed by atoms with Gasteiger partial charge < -0.3 is 15.0 Å². The molecular weight excluding hydrogens is 436 g/mol. The Kier molecular flexibility index (Phi) is 7.25. The van der Waals surface area contributed by atoms with E-state index in [1.54, 1.807) is 30.5 Å². The zero-order valence-electron chi connectivity index (χ0n) is 18.6. The van der Waals surface area contributed by atoms with Gasteiger partial charge in [0.15, 0.2) is 0 Å². The summed E-state index contributed by atoms with van der Waals surface area (Å²) in [5.41, 5.74) is 3.20. The van der Waals surface area contributed by atoms with E-state index in [-0.39, 0.29) is 5.91 Å². The van der Waals surface area contributed by atoms with E-state index in [4.69, 9.17) is 21.7 Å². The van der Waals surface area contributed by atoms with Gasteiger partial charge in [-0.05, 0) is 61.6 Å². The van der Waals surface area contributed by atoms with Crippen LogP contribution < -0.4 is 10.1 Å². The van der Waals surface area contributed by atoms with Crippen LogP contribution in [-0.4, -0.2) is 34.7 Å². The van der Waals surface area contributed by atoms with Gasteiger partial charge in [0.2, 0.25) is 0 Å². The SMILES string of the molecule is Cc1ccc(NC(=O)c2cc(Cl)ccc2OCc2ccc(C(=N)N3CCCCC3)cc2)nc1. The Morgan fingerprint density at radius 1 is 1.09 bits per heavy atom. The number of hydrogen-bond acceptors (Lipinski definition) is 4. The number of amidine groups is 1. The number of ether oxygens (including phenoxy) is 1. The van der Waals surface area contributed by atoms with Gasteiger partial charge in [0, 0.05) is 29.9 Å². The summed E-state index contributed by atoms with van der Waals surface area (Å²) in [6.07, 6.45) is 5.22. The van der Waals surface area contributed by atoms with Gasteiger partial charge in [0.25, 0.3) is 5.91 Å². The Hall–Kier alpha value is -3.38. The average Bonchev–Trinajstić information content (AvgIpc) is 2.85. The number of nitrogens with one attached hydrogen (secondary N) is 2. The highest BCUT2D eigenvalue weighted by Crippen LogP contribution is 2.25. The fourth-order valence-electron chi connectivity index (χ4n) is 3.75. The number of nitrogens with zero attached hydrogens (tertiary/aromatic N) is 2. The lowest BCUT2D eigenvalue weighted by Gasteiger charge is -2.29. The van der Waals surface area contributed by atoms with Crippen molar-refractivity contribution in [1.82, 2.24) is 9.88 Å². The lowest BCUT2D eigenvalue weighted by Crippen LogP contribution is -2.35. The highest BCUT2D eigenvalue weighted by Gasteiger charge is 2.16. The molecule has 2 heterocycles. The zero-order valence-corrected chi connectivity index (χ0v) is 19.4. The lowest BCUT2D eigenvalue weighted by molar-refractivity contribution is 0.102. The molecule has 0 atom stereocenters. The van der Waals surface area contributed by atoms with Gasteiger partial charge in [-0.2, -0.15) is 0 Å². The molecule has 4 rings (SSSR count). The molecule has 6 nitrogen and oxygen atoms in total. The van der Waals surface area contributed by atoms with Crippen LogP contribution in [0.3, 0.4) is 0 Å². The summed E-state index contributed by atoms with van der Waals surface area (Å²) >= 11 is 6.14. The van der Waals surface area contributed by atoms with Gasteiger partial charge in [0.1, 0.15) is 24.0 Å². The summed E-state index contributed by atoms with van der Waals surface area (Å²) in [7, 11) is 0. The Bertz CT molecular complexity index is 1120. The number of piperidine rings is 1. The zero-order chi connectivity index (χ0) is 23.2. The number of pyridine rings is 1. The Morgan fingerprint density at radius 3 is 2.55 bits per heavy atom. The van der Waals surface area contributed by atoms with Crippen molar-refractivity contribution < 1.29 is 9.53 Å². The number of amides is 1. The predicted octanol–water partition coefficient (Wildman–Crippen LogP) is 5.69. The molecule has 0 radical (unpaired) electrons. The van der Waals surface area contributed by atoms with Crippen LogP contribution in [0.2, 0.25) is 5.02 Å². The first kappa shape index (κ1) is 22.8. The number of likely N-dealkylation sites (tertiary alicyclic amines) is 1. The highest BCUT2D eigenvalue weighted by atomic mass is 35.5. The molecule has 1 saturated heterocycles. The maximum absolute atomic E-state index is 12.8. The number of aromatic nitrogens is 1. The standard InChI is InChI=1S/C26H27ClN4O2/c1-18-5-12-24(29-16-18)30-26(32)22-15-21(27)10-11-23(22)33-17-19-6-8-20(9-7-19)25(28)31-13-3-2-4-14-31/h5-12,15-16,28H,2-4,13-14,17H2,1H3,(H,29,30,32). The Balaban J connectivity index is 1.42. The molecule has 7 heteroatoms. The molecule has 0 unspecified atom stereocenters. The molecule has 3 aromatic rings. The number of hydrogen-bond donors (Lipinski definition) is 2. The number of anilines is 1. The van der Waals surface area contributed by atoms with E-state index in [0.29, 0.717) is 34.6 Å². The molecule has 1 aliphatic rings. The fraction of sp³-hybridized carbons (Fsp3) is 0.269. The smallest absolute Gasteiger partial charge is 0.260 e. The van der Waals surface area contributed by atoms with Crippen molar-refractivity contribution >= 4 is 29.2 Å². The molecule has 1 amide bonds. The van der Waals surface area contributed by atoms with Crippen molar-refractivity contribution in [1.29, 1.82) is 5.41 Å². The van der Waals surface area contributed by atoms with Crippen molar-refractivity contribution in [3.8, 4) is 5.75 Å². The number of carbonyl (C=O) groups is 1. The molecule has 0 saturated carbocycles. The van der Waals surface area contributed by atoms with E-state index < -0.39 is 0 Å². The molecule has 2 aromatic carbocycles. The maximum Gasteiger partial charge on any atom is 0.260 e. The summed E-state index contributed by atoms with van der Waals surface area (Å²) in [6, 6.07) is 16.4. The van der Waals surface area contributed by atoms with Crippen LogP contribution in [0.25, 0.3) is 0 Å². The van der Waals surface area contributed by atoms with Gasteiger partial charge in [-0.1, -0.05) is 41.9 Å². The van der Waals surface area contributed by atoms with E-state index in [9.17, 15) is 4.79 Å². The molecule has 0 bridgehead atoms. The third kappa shape index (κ3) is 5.90. The molecule has 33 heavy (non-hydrogen) atoms. The molecule has 2 N–H and O–H groups in total. The van der Waals surface area contributed by atoms with Crippen LogP contribution in [0.5, 0.6) is 5.75 Å². The Labute approximate surface area is 199 Å². The van der Waals surface area contributed by atoms with Crippen LogP contribution in [0, 0.1) is 12.3 Å². The molecule has 1 aromatic heterocycles. The number of carbonyl (C=O) groups excluding carboxylic acids is 1. The predicted molar refractivity (Wildman–Crippen MR) is 131 cm³/mol. The quantitative estimate of drug-likeness (QED) is 0.364. The molecule has 0 aliphatic carbocycles. The van der Waals surface area contributed by atoms with Gasteiger partial charge in [0.05, 0.1) is 5.56 Å². The van der Waals surface area contributed by atoms with Crippen molar-refractivity contribution in [2.24, 2.45) is 0 Å². The average molecular weight is 463 g/mol. The van der Waals surface area contributed by atoms with Crippen molar-refractivity contribution in [3.63, 3.8) is 0 Å². The third-order valence-electron chi connectivity index (χ3n) is 5.63. The second-order valence-electron chi connectivity index (χ2n) is 8.20. The molecule has 1 fully saturated rings. The van der Waals surface area contributed by atoms with Crippen LogP contribution in [0.4, 0.5) is 5.82 Å². The van der Waals surface area contributed by atoms with Crippen LogP contribution in [0.15, 0.2) is 60.8 Å². The normalized spacial score (nSPS) is 13.5. The van der Waals surface area contributed by atoms with E-state index in [0.717, 1.165) is 42.6 Å². The van der Waals surface area contributed by atoms with E-state index in [2.05, 4.69) is 15.2 Å². The van der Waals surface area contributed by atoms with Crippen molar-refractivity contribution in [2.45, 2.75) is 32.8 Å². The third-order valence-corrected chi connectivity index (χ3v) is 5.87. The van der Waals surface area contributed by atoms with Crippen LogP contribution >= 0.6 is 11.6 Å². The molecular formula is C26H27ClN4O2. The maximum atomic E-state index is 12.8. The first-order chi connectivity index (χ1) is 16.0. The first-order valence-electron chi connectivity index (χ1n) is 11.1. The van der Waals surface area contributed by atoms with Crippen LogP contribution in [-0.2, 0) is 6.61 Å². The summed E-state index contributed by atoms with van der Waals surface area (Å²) in [5, 5.41) is 11.7. The molecule has 170 valence electrons. The lowest BCUT2D eigenvalue weighted by atomic mass is 10.1. The minimum atomic E-state index is -0.339. The number of aryl methyl sites for hydroxylation is 1. The van der Waals surface area contributed by atoms with E-state index in [1.807, 2.05) is 37.3 Å². The number of rotatable bonds is 6.